The van der Waals surface area contributed by atoms with E-state index in [1.807, 2.05) is 53.4 Å². The topological polar surface area (TPSA) is 49.9 Å². The monoisotopic (exact) mass is 486 g/mol. The maximum absolute atomic E-state index is 13.4. The van der Waals surface area contributed by atoms with Crippen molar-refractivity contribution >= 4 is 11.8 Å². The standard InChI is InChI=1S/C30H31FN2O3/c1-36-27-12-5-21(6-13-27)15-18-33-28-16-17-32(20-25(28)9-14-29(33)34)30(35)24-4-2-3-23(19-24)22-7-10-26(31)11-8-22/h2-8,10-13,19,25,28H,9,14-18,20H2,1H3/t25-,28+/m1/s1. The van der Waals surface area contributed by atoms with Gasteiger partial charge in [0, 0.05) is 37.7 Å². The molecule has 36 heavy (non-hydrogen) atoms. The summed E-state index contributed by atoms with van der Waals surface area (Å²) in [6.07, 6.45) is 2.95. The third-order valence-corrected chi connectivity index (χ3v) is 7.52. The second-order valence-electron chi connectivity index (χ2n) is 9.68. The van der Waals surface area contributed by atoms with E-state index in [-0.39, 0.29) is 29.6 Å². The van der Waals surface area contributed by atoms with Gasteiger partial charge in [-0.3, -0.25) is 9.59 Å². The summed E-state index contributed by atoms with van der Waals surface area (Å²) in [5.41, 5.74) is 3.59. The minimum absolute atomic E-state index is 0.0131. The molecule has 5 nitrogen and oxygen atoms in total. The van der Waals surface area contributed by atoms with Gasteiger partial charge in [0.2, 0.25) is 5.91 Å². The maximum atomic E-state index is 13.4. The van der Waals surface area contributed by atoms with Crippen LogP contribution in [0, 0.1) is 11.7 Å². The molecule has 3 aromatic rings. The van der Waals surface area contributed by atoms with Gasteiger partial charge in [-0.05, 0) is 78.3 Å². The number of nitrogens with zero attached hydrogens (tertiary/aromatic N) is 2. The van der Waals surface area contributed by atoms with E-state index in [0.29, 0.717) is 31.6 Å². The number of carbonyl (C=O) groups excluding carboxylic acids is 2. The number of piperidine rings is 2. The van der Waals surface area contributed by atoms with E-state index in [4.69, 9.17) is 4.74 Å². The van der Waals surface area contributed by atoms with Crippen LogP contribution in [0.5, 0.6) is 5.75 Å². The van der Waals surface area contributed by atoms with Gasteiger partial charge in [0.15, 0.2) is 0 Å². The SMILES string of the molecule is COc1ccc(CCN2C(=O)CC[C@@H]3CN(C(=O)c4cccc(-c5ccc(F)cc5)c4)CC[C@@H]32)cc1. The van der Waals surface area contributed by atoms with Crippen molar-refractivity contribution < 1.29 is 18.7 Å². The maximum Gasteiger partial charge on any atom is 0.253 e. The molecule has 0 spiro atoms. The van der Waals surface area contributed by atoms with Crippen molar-refractivity contribution in [2.24, 2.45) is 5.92 Å². The molecule has 2 heterocycles. The van der Waals surface area contributed by atoms with Crippen LogP contribution in [0.1, 0.15) is 35.2 Å². The van der Waals surface area contributed by atoms with Crippen molar-refractivity contribution in [3.05, 3.63) is 89.7 Å². The van der Waals surface area contributed by atoms with Gasteiger partial charge in [-0.15, -0.1) is 0 Å². The Kier molecular flexibility index (Phi) is 7.03. The summed E-state index contributed by atoms with van der Waals surface area (Å²) in [7, 11) is 1.65. The van der Waals surface area contributed by atoms with Gasteiger partial charge in [0.05, 0.1) is 7.11 Å². The highest BCUT2D eigenvalue weighted by Crippen LogP contribution is 2.32. The van der Waals surface area contributed by atoms with Gasteiger partial charge in [-0.25, -0.2) is 4.39 Å². The number of carbonyl (C=O) groups is 2. The Bertz CT molecular complexity index is 1230. The molecule has 2 fully saturated rings. The number of hydrogen-bond acceptors (Lipinski definition) is 3. The Labute approximate surface area is 211 Å². The summed E-state index contributed by atoms with van der Waals surface area (Å²) >= 11 is 0. The summed E-state index contributed by atoms with van der Waals surface area (Å²) in [6.45, 7) is 1.99. The third-order valence-electron chi connectivity index (χ3n) is 7.52. The molecular formula is C30H31FN2O3. The van der Waals surface area contributed by atoms with Gasteiger partial charge < -0.3 is 14.5 Å². The van der Waals surface area contributed by atoms with E-state index >= 15 is 0 Å². The van der Waals surface area contributed by atoms with E-state index < -0.39 is 0 Å². The number of hydrogen-bond donors (Lipinski definition) is 0. The Morgan fingerprint density at radius 1 is 1.00 bits per heavy atom. The summed E-state index contributed by atoms with van der Waals surface area (Å²) in [4.78, 5) is 30.2. The molecule has 0 aromatic heterocycles. The molecule has 2 saturated heterocycles. The van der Waals surface area contributed by atoms with Crippen LogP contribution in [-0.4, -0.2) is 54.4 Å². The second kappa shape index (κ2) is 10.5. The summed E-state index contributed by atoms with van der Waals surface area (Å²) < 4.78 is 18.5. The first kappa shape index (κ1) is 24.0. The van der Waals surface area contributed by atoms with Crippen LogP contribution in [0.25, 0.3) is 11.1 Å². The Morgan fingerprint density at radius 2 is 1.78 bits per heavy atom. The second-order valence-corrected chi connectivity index (χ2v) is 9.68. The zero-order valence-corrected chi connectivity index (χ0v) is 20.5. The van der Waals surface area contributed by atoms with Gasteiger partial charge in [-0.1, -0.05) is 36.4 Å². The molecule has 0 bridgehead atoms. The van der Waals surface area contributed by atoms with Crippen molar-refractivity contribution in [2.45, 2.75) is 31.7 Å². The van der Waals surface area contributed by atoms with Crippen molar-refractivity contribution in [3.8, 4) is 16.9 Å². The molecule has 5 rings (SSSR count). The summed E-state index contributed by atoms with van der Waals surface area (Å²) in [5.74, 6) is 1.07. The zero-order valence-electron chi connectivity index (χ0n) is 20.5. The summed E-state index contributed by atoms with van der Waals surface area (Å²) in [5, 5.41) is 0. The van der Waals surface area contributed by atoms with E-state index in [2.05, 4.69) is 4.90 Å². The predicted molar refractivity (Wildman–Crippen MR) is 137 cm³/mol. The minimum Gasteiger partial charge on any atom is -0.497 e. The van der Waals surface area contributed by atoms with Crippen molar-refractivity contribution in [1.82, 2.24) is 9.80 Å². The van der Waals surface area contributed by atoms with Crippen LogP contribution < -0.4 is 4.74 Å². The number of ether oxygens (including phenoxy) is 1. The highest BCUT2D eigenvalue weighted by Gasteiger charge is 2.40. The molecule has 0 radical (unpaired) electrons. The van der Waals surface area contributed by atoms with Crippen LogP contribution in [-0.2, 0) is 11.2 Å². The van der Waals surface area contributed by atoms with Gasteiger partial charge in [-0.2, -0.15) is 0 Å². The Morgan fingerprint density at radius 3 is 2.53 bits per heavy atom. The van der Waals surface area contributed by atoms with Crippen molar-refractivity contribution in [1.29, 1.82) is 0 Å². The lowest BCUT2D eigenvalue weighted by Gasteiger charge is -2.47. The van der Waals surface area contributed by atoms with Crippen molar-refractivity contribution in [2.75, 3.05) is 26.7 Å². The molecule has 2 atom stereocenters. The highest BCUT2D eigenvalue weighted by molar-refractivity contribution is 5.95. The lowest BCUT2D eigenvalue weighted by molar-refractivity contribution is -0.140. The normalized spacial score (nSPS) is 19.7. The number of likely N-dealkylation sites (tertiary alicyclic amines) is 2. The first-order valence-corrected chi connectivity index (χ1v) is 12.6. The zero-order chi connectivity index (χ0) is 25.1. The largest absolute Gasteiger partial charge is 0.497 e. The number of methoxy groups -OCH3 is 1. The molecule has 0 N–H and O–H groups in total. The number of rotatable bonds is 6. The van der Waals surface area contributed by atoms with E-state index in [1.165, 1.54) is 17.7 Å². The summed E-state index contributed by atoms with van der Waals surface area (Å²) in [6, 6.07) is 22.0. The lowest BCUT2D eigenvalue weighted by Crippen LogP contribution is -2.57. The van der Waals surface area contributed by atoms with Gasteiger partial charge >= 0.3 is 0 Å². The molecule has 3 aromatic carbocycles. The van der Waals surface area contributed by atoms with E-state index in [1.54, 1.807) is 19.2 Å². The lowest BCUT2D eigenvalue weighted by atomic mass is 9.83. The quantitative estimate of drug-likeness (QED) is 0.481. The highest BCUT2D eigenvalue weighted by atomic mass is 19.1. The molecule has 0 unspecified atom stereocenters. The van der Waals surface area contributed by atoms with Crippen molar-refractivity contribution in [3.63, 3.8) is 0 Å². The first-order chi connectivity index (χ1) is 17.5. The van der Waals surface area contributed by atoms with Crippen LogP contribution in [0.4, 0.5) is 4.39 Å². The molecule has 0 aliphatic carbocycles. The molecule has 186 valence electrons. The average Bonchev–Trinajstić information content (AvgIpc) is 2.92. The molecule has 2 aliphatic rings. The smallest absolute Gasteiger partial charge is 0.253 e. The fraction of sp³-hybridized carbons (Fsp3) is 0.333. The third kappa shape index (κ3) is 5.13. The molecule has 2 aliphatic heterocycles. The predicted octanol–water partition coefficient (Wildman–Crippen LogP) is 5.20. The van der Waals surface area contributed by atoms with Gasteiger partial charge in [0.25, 0.3) is 5.91 Å². The molecule has 2 amide bonds. The number of benzene rings is 3. The van der Waals surface area contributed by atoms with E-state index in [9.17, 15) is 14.0 Å². The van der Waals surface area contributed by atoms with Crippen LogP contribution in [0.3, 0.4) is 0 Å². The number of amides is 2. The van der Waals surface area contributed by atoms with Crippen LogP contribution in [0.15, 0.2) is 72.8 Å². The average molecular weight is 487 g/mol. The Hall–Kier alpha value is -3.67. The fourth-order valence-electron chi connectivity index (χ4n) is 5.52. The van der Waals surface area contributed by atoms with Crippen LogP contribution in [0.2, 0.25) is 0 Å². The molecule has 6 heteroatoms. The first-order valence-electron chi connectivity index (χ1n) is 12.6. The van der Waals surface area contributed by atoms with Crippen LogP contribution >= 0.6 is 0 Å². The van der Waals surface area contributed by atoms with Gasteiger partial charge in [0.1, 0.15) is 11.6 Å². The number of halogens is 1. The molecular weight excluding hydrogens is 455 g/mol. The van der Waals surface area contributed by atoms with E-state index in [0.717, 1.165) is 36.1 Å². The minimum atomic E-state index is -0.280. The Balaban J connectivity index is 1.24. The fourth-order valence-corrected chi connectivity index (χ4v) is 5.52. The molecule has 0 saturated carbocycles. The number of fused-ring (bicyclic) bond motifs is 1.